The average Bonchev–Trinajstić information content (AvgIpc) is 1.86. The Morgan fingerprint density at radius 3 is 1.56 bits per heavy atom. The number of nitrogens with two attached hydrogens (primary N) is 1. The highest BCUT2D eigenvalue weighted by atomic mass is 15.3. The summed E-state index contributed by atoms with van der Waals surface area (Å²) in [6, 6.07) is 0. The molecule has 0 bridgehead atoms. The Balaban J connectivity index is 3.92. The van der Waals surface area contributed by atoms with Crippen molar-refractivity contribution in [2.45, 2.75) is 19.6 Å². The summed E-state index contributed by atoms with van der Waals surface area (Å²) < 4.78 is 0. The van der Waals surface area contributed by atoms with Gasteiger partial charge in [0.05, 0.1) is 0 Å². The van der Waals surface area contributed by atoms with Gasteiger partial charge in [0.1, 0.15) is 5.79 Å². The summed E-state index contributed by atoms with van der Waals surface area (Å²) in [5, 5.41) is 5.99. The molecule has 0 aromatic heterocycles. The third-order valence-electron chi connectivity index (χ3n) is 1.74. The van der Waals surface area contributed by atoms with E-state index in [-0.39, 0.29) is 0 Å². The van der Waals surface area contributed by atoms with Crippen LogP contribution in [0.1, 0.15) is 13.8 Å². The van der Waals surface area contributed by atoms with E-state index < -0.39 is 5.79 Å². The zero-order valence-electron chi connectivity index (χ0n) is 6.65. The zero-order chi connectivity index (χ0) is 7.49. The molecule has 0 aliphatic heterocycles. The van der Waals surface area contributed by atoms with E-state index in [2.05, 4.69) is 24.5 Å². The van der Waals surface area contributed by atoms with Crippen LogP contribution in [0.2, 0.25) is 0 Å². The van der Waals surface area contributed by atoms with E-state index in [9.17, 15) is 0 Å². The minimum atomic E-state index is -0.417. The first-order valence-corrected chi connectivity index (χ1v) is 3.23. The van der Waals surface area contributed by atoms with E-state index in [1.165, 1.54) is 0 Å². The summed E-state index contributed by atoms with van der Waals surface area (Å²) in [6.07, 6.45) is 0. The molecule has 3 heteroatoms. The maximum absolute atomic E-state index is 5.82. The number of nitrogens with one attached hydrogen (secondary N) is 2. The Kier molecular flexibility index (Phi) is 3.11. The molecule has 0 amide bonds. The number of hydrogen-bond acceptors (Lipinski definition) is 3. The molecule has 9 heavy (non-hydrogen) atoms. The fourth-order valence-corrected chi connectivity index (χ4v) is 0.702. The first-order chi connectivity index (χ1) is 4.06. The van der Waals surface area contributed by atoms with Crippen molar-refractivity contribution in [2.24, 2.45) is 11.7 Å². The highest BCUT2D eigenvalue weighted by Crippen LogP contribution is 2.03. The molecule has 0 aliphatic rings. The van der Waals surface area contributed by atoms with Gasteiger partial charge in [-0.25, -0.2) is 0 Å². The highest BCUT2D eigenvalue weighted by Gasteiger charge is 2.23. The second kappa shape index (κ2) is 3.15. The maximum Gasteiger partial charge on any atom is 0.122 e. The van der Waals surface area contributed by atoms with Crippen LogP contribution in [0, 0.1) is 5.92 Å². The quantitative estimate of drug-likeness (QED) is 0.461. The molecular weight excluding hydrogens is 114 g/mol. The zero-order valence-corrected chi connectivity index (χ0v) is 6.65. The molecule has 0 spiro atoms. The topological polar surface area (TPSA) is 50.1 Å². The van der Waals surface area contributed by atoms with Crippen molar-refractivity contribution in [1.82, 2.24) is 10.6 Å². The van der Waals surface area contributed by atoms with E-state index in [0.717, 1.165) is 0 Å². The predicted octanol–water partition coefficient (Wildman–Crippen LogP) is -0.306. The SMILES string of the molecule is CNC(N)(NC)C(C)C. The smallest absolute Gasteiger partial charge is 0.122 e. The molecule has 0 unspecified atom stereocenters. The van der Waals surface area contributed by atoms with Gasteiger partial charge in [-0.3, -0.25) is 10.6 Å². The van der Waals surface area contributed by atoms with E-state index in [0.29, 0.717) is 5.92 Å². The molecule has 0 rings (SSSR count). The van der Waals surface area contributed by atoms with Gasteiger partial charge in [0.15, 0.2) is 0 Å². The van der Waals surface area contributed by atoms with Gasteiger partial charge in [0.25, 0.3) is 0 Å². The number of rotatable bonds is 3. The van der Waals surface area contributed by atoms with Gasteiger partial charge in [-0.05, 0) is 20.0 Å². The van der Waals surface area contributed by atoms with Crippen LogP contribution in [0.3, 0.4) is 0 Å². The van der Waals surface area contributed by atoms with Crippen molar-refractivity contribution in [1.29, 1.82) is 0 Å². The standard InChI is InChI=1S/C6H17N3/c1-5(2)6(7,8-3)9-4/h5,8-9H,7H2,1-4H3. The first-order valence-electron chi connectivity index (χ1n) is 3.23. The lowest BCUT2D eigenvalue weighted by Crippen LogP contribution is -2.65. The molecule has 0 aromatic rings. The van der Waals surface area contributed by atoms with E-state index in [1.807, 2.05) is 14.1 Å². The Bertz CT molecular complexity index is 76.4. The minimum absolute atomic E-state index is 0.382. The lowest BCUT2D eigenvalue weighted by Gasteiger charge is -2.32. The van der Waals surface area contributed by atoms with Crippen LogP contribution in [0.15, 0.2) is 0 Å². The largest absolute Gasteiger partial charge is 0.301 e. The first kappa shape index (κ1) is 8.88. The van der Waals surface area contributed by atoms with Gasteiger partial charge >= 0.3 is 0 Å². The normalized spacial score (nSPS) is 12.7. The van der Waals surface area contributed by atoms with Crippen LogP contribution in [-0.2, 0) is 0 Å². The fraction of sp³-hybridized carbons (Fsp3) is 1.00. The molecule has 0 radical (unpaired) electrons. The lowest BCUT2D eigenvalue weighted by atomic mass is 10.1. The van der Waals surface area contributed by atoms with E-state index in [1.54, 1.807) is 0 Å². The molecule has 56 valence electrons. The highest BCUT2D eigenvalue weighted by molar-refractivity contribution is 4.77. The van der Waals surface area contributed by atoms with Crippen LogP contribution in [-0.4, -0.2) is 19.9 Å². The van der Waals surface area contributed by atoms with Gasteiger partial charge in [-0.15, -0.1) is 0 Å². The molecule has 4 N–H and O–H groups in total. The second-order valence-corrected chi connectivity index (χ2v) is 2.52. The summed E-state index contributed by atoms with van der Waals surface area (Å²) >= 11 is 0. The predicted molar refractivity (Wildman–Crippen MR) is 39.9 cm³/mol. The summed E-state index contributed by atoms with van der Waals surface area (Å²) in [5.74, 6) is -0.0347. The Morgan fingerprint density at radius 1 is 1.22 bits per heavy atom. The van der Waals surface area contributed by atoms with Gasteiger partial charge in [0.2, 0.25) is 0 Å². The fourth-order valence-electron chi connectivity index (χ4n) is 0.702. The van der Waals surface area contributed by atoms with Gasteiger partial charge in [0, 0.05) is 0 Å². The van der Waals surface area contributed by atoms with Crippen molar-refractivity contribution in [3.63, 3.8) is 0 Å². The molecule has 0 saturated carbocycles. The van der Waals surface area contributed by atoms with Gasteiger partial charge < -0.3 is 5.73 Å². The molecule has 0 aromatic carbocycles. The molecule has 0 saturated heterocycles. The van der Waals surface area contributed by atoms with E-state index in [4.69, 9.17) is 5.73 Å². The van der Waals surface area contributed by atoms with Gasteiger partial charge in [-0.2, -0.15) is 0 Å². The monoisotopic (exact) mass is 131 g/mol. The number of hydrogen-bond donors (Lipinski definition) is 3. The maximum atomic E-state index is 5.82. The van der Waals surface area contributed by atoms with Crippen molar-refractivity contribution in [3.8, 4) is 0 Å². The summed E-state index contributed by atoms with van der Waals surface area (Å²) in [4.78, 5) is 0. The minimum Gasteiger partial charge on any atom is -0.301 e. The van der Waals surface area contributed by atoms with Crippen molar-refractivity contribution in [3.05, 3.63) is 0 Å². The Hall–Kier alpha value is -0.120. The van der Waals surface area contributed by atoms with Crippen molar-refractivity contribution < 1.29 is 0 Å². The molecular formula is C6H17N3. The average molecular weight is 131 g/mol. The van der Waals surface area contributed by atoms with Gasteiger partial charge in [-0.1, -0.05) is 13.8 Å². The Morgan fingerprint density at radius 2 is 1.56 bits per heavy atom. The summed E-state index contributed by atoms with van der Waals surface area (Å²) in [7, 11) is 3.69. The van der Waals surface area contributed by atoms with Crippen LogP contribution >= 0.6 is 0 Å². The summed E-state index contributed by atoms with van der Waals surface area (Å²) in [5.41, 5.74) is 5.82. The van der Waals surface area contributed by atoms with Crippen LogP contribution in [0.4, 0.5) is 0 Å². The second-order valence-electron chi connectivity index (χ2n) is 2.52. The van der Waals surface area contributed by atoms with E-state index >= 15 is 0 Å². The third kappa shape index (κ3) is 1.93. The van der Waals surface area contributed by atoms with Crippen molar-refractivity contribution in [2.75, 3.05) is 14.1 Å². The molecule has 0 atom stereocenters. The molecule has 0 heterocycles. The van der Waals surface area contributed by atoms with Crippen LogP contribution in [0.5, 0.6) is 0 Å². The Labute approximate surface area is 57.0 Å². The third-order valence-corrected chi connectivity index (χ3v) is 1.74. The van der Waals surface area contributed by atoms with Crippen LogP contribution in [0.25, 0.3) is 0 Å². The summed E-state index contributed by atoms with van der Waals surface area (Å²) in [6.45, 7) is 4.12. The molecule has 3 nitrogen and oxygen atoms in total. The molecule has 0 fully saturated rings. The lowest BCUT2D eigenvalue weighted by molar-refractivity contribution is 0.218. The molecule has 0 aliphatic carbocycles. The van der Waals surface area contributed by atoms with Crippen molar-refractivity contribution >= 4 is 0 Å². The van der Waals surface area contributed by atoms with Crippen LogP contribution < -0.4 is 16.4 Å².